The van der Waals surface area contributed by atoms with Crippen LogP contribution in [0.15, 0.2) is 64.1 Å². The number of imidazole rings is 1. The molecule has 6 heterocycles. The number of nitrogens with zero attached hydrogens (tertiary/aromatic N) is 5. The molecule has 196 valence electrons. The first-order chi connectivity index (χ1) is 18.9. The summed E-state index contributed by atoms with van der Waals surface area (Å²) in [6, 6.07) is 7.30. The first-order valence-corrected chi connectivity index (χ1v) is 13.5. The van der Waals surface area contributed by atoms with Crippen LogP contribution in [0.4, 0.5) is 5.69 Å². The highest BCUT2D eigenvalue weighted by Gasteiger charge is 2.42. The van der Waals surface area contributed by atoms with Crippen LogP contribution in [0.25, 0.3) is 11.2 Å². The first kappa shape index (κ1) is 24.0. The van der Waals surface area contributed by atoms with E-state index in [2.05, 4.69) is 31.2 Å². The van der Waals surface area contributed by atoms with Crippen LogP contribution in [0, 0.1) is 6.92 Å². The van der Waals surface area contributed by atoms with E-state index in [0.717, 1.165) is 21.3 Å². The lowest BCUT2D eigenvalue weighted by Gasteiger charge is -2.32. The minimum atomic E-state index is -0.520. The predicted octanol–water partition coefficient (Wildman–Crippen LogP) is 2.38. The van der Waals surface area contributed by atoms with E-state index in [4.69, 9.17) is 4.74 Å². The number of fused-ring (bicyclic) bond motifs is 1. The lowest BCUT2D eigenvalue weighted by Crippen LogP contribution is -2.49. The average Bonchev–Trinajstić information content (AvgIpc) is 3.55. The Hall–Kier alpha value is -4.09. The van der Waals surface area contributed by atoms with Crippen molar-refractivity contribution in [1.82, 2.24) is 19.6 Å². The number of nitrogens with one attached hydrogen (secondary N) is 1. The zero-order chi connectivity index (χ0) is 26.8. The molecule has 0 aliphatic carbocycles. The van der Waals surface area contributed by atoms with Crippen molar-refractivity contribution in [3.8, 4) is 0 Å². The fourth-order valence-corrected chi connectivity index (χ4v) is 6.48. The molecule has 1 fully saturated rings. The number of hydrogen-bond donors (Lipinski definition) is 1. The summed E-state index contributed by atoms with van der Waals surface area (Å²) in [5.41, 5.74) is 5.37. The van der Waals surface area contributed by atoms with Crippen LogP contribution in [0.1, 0.15) is 22.4 Å². The second-order valence-electron chi connectivity index (χ2n) is 9.89. The van der Waals surface area contributed by atoms with Crippen LogP contribution >= 0.6 is 15.9 Å². The van der Waals surface area contributed by atoms with Crippen LogP contribution in [0.2, 0.25) is 0 Å². The van der Waals surface area contributed by atoms with E-state index in [1.165, 1.54) is 0 Å². The van der Waals surface area contributed by atoms with Crippen molar-refractivity contribution in [2.45, 2.75) is 19.4 Å². The number of amides is 3. The Balaban J connectivity index is 1.36. The highest BCUT2D eigenvalue weighted by Crippen LogP contribution is 2.40. The fourth-order valence-electron chi connectivity index (χ4n) is 5.83. The quantitative estimate of drug-likeness (QED) is 0.472. The first-order valence-electron chi connectivity index (χ1n) is 12.7. The third-order valence-corrected chi connectivity index (χ3v) is 8.13. The molecular formula is C28H23BrN6O4. The maximum atomic E-state index is 13.5. The second-order valence-corrected chi connectivity index (χ2v) is 10.7. The van der Waals surface area contributed by atoms with E-state index in [-0.39, 0.29) is 17.1 Å². The third-order valence-electron chi connectivity index (χ3n) is 7.54. The molecule has 1 N–H and O–H groups in total. The number of aryl methyl sites for hydroxylation is 1. The van der Waals surface area contributed by atoms with Gasteiger partial charge in [0, 0.05) is 43.7 Å². The Bertz CT molecular complexity index is 1700. The summed E-state index contributed by atoms with van der Waals surface area (Å²) in [7, 11) is 0. The van der Waals surface area contributed by atoms with E-state index in [1.807, 2.05) is 47.2 Å². The SMILES string of the molecule is Cc1cc(Br)c2ncc(C3=C(C4=NC=CN5c6c(cccc64)CC5C(=O)N4CCOCC4)C(=O)NC3=O)n2c1. The van der Waals surface area contributed by atoms with Crippen molar-refractivity contribution in [2.75, 3.05) is 31.2 Å². The van der Waals surface area contributed by atoms with Crippen molar-refractivity contribution >= 4 is 56.3 Å². The van der Waals surface area contributed by atoms with Gasteiger partial charge in [-0.1, -0.05) is 18.2 Å². The van der Waals surface area contributed by atoms with Gasteiger partial charge in [-0.3, -0.25) is 29.1 Å². The molecule has 4 aliphatic rings. The van der Waals surface area contributed by atoms with Crippen LogP contribution in [-0.4, -0.2) is 70.1 Å². The minimum absolute atomic E-state index is 0.0360. The molecule has 1 aromatic carbocycles. The van der Waals surface area contributed by atoms with Crippen LogP contribution in [0.5, 0.6) is 0 Å². The highest BCUT2D eigenvalue weighted by molar-refractivity contribution is 9.10. The Morgan fingerprint density at radius 1 is 1.15 bits per heavy atom. The Morgan fingerprint density at radius 3 is 2.77 bits per heavy atom. The number of morpholine rings is 1. The number of imide groups is 1. The average molecular weight is 587 g/mol. The van der Waals surface area contributed by atoms with Crippen molar-refractivity contribution in [3.05, 3.63) is 81.5 Å². The number of carbonyl (C=O) groups excluding carboxylic acids is 3. The molecule has 1 atom stereocenters. The molecule has 10 nitrogen and oxygen atoms in total. The highest BCUT2D eigenvalue weighted by atomic mass is 79.9. The van der Waals surface area contributed by atoms with Gasteiger partial charge in [0.05, 0.1) is 52.1 Å². The number of rotatable bonds is 3. The molecule has 0 radical (unpaired) electrons. The van der Waals surface area contributed by atoms with Gasteiger partial charge in [-0.15, -0.1) is 0 Å². The molecule has 3 aromatic rings. The van der Waals surface area contributed by atoms with Crippen molar-refractivity contribution in [3.63, 3.8) is 0 Å². The molecule has 0 saturated carbocycles. The Morgan fingerprint density at radius 2 is 1.95 bits per heavy atom. The van der Waals surface area contributed by atoms with E-state index in [0.29, 0.717) is 55.3 Å². The van der Waals surface area contributed by atoms with Gasteiger partial charge in [-0.25, -0.2) is 4.98 Å². The molecule has 0 spiro atoms. The molecule has 1 saturated heterocycles. The van der Waals surface area contributed by atoms with E-state index in [9.17, 15) is 14.4 Å². The number of pyridine rings is 1. The Kier molecular flexibility index (Phi) is 5.53. The summed E-state index contributed by atoms with van der Waals surface area (Å²) < 4.78 is 8.01. The van der Waals surface area contributed by atoms with Gasteiger partial charge in [0.25, 0.3) is 11.8 Å². The van der Waals surface area contributed by atoms with Gasteiger partial charge >= 0.3 is 0 Å². The molecule has 0 bridgehead atoms. The lowest BCUT2D eigenvalue weighted by molar-refractivity contribution is -0.136. The predicted molar refractivity (Wildman–Crippen MR) is 147 cm³/mol. The summed E-state index contributed by atoms with van der Waals surface area (Å²) in [6.45, 7) is 4.12. The number of halogens is 1. The number of carbonyl (C=O) groups is 3. The van der Waals surface area contributed by atoms with Gasteiger partial charge in [0.2, 0.25) is 5.91 Å². The van der Waals surface area contributed by atoms with Gasteiger partial charge < -0.3 is 14.5 Å². The number of benzene rings is 1. The molecule has 11 heteroatoms. The molecular weight excluding hydrogens is 564 g/mol. The summed E-state index contributed by atoms with van der Waals surface area (Å²) in [5.74, 6) is -0.988. The largest absolute Gasteiger partial charge is 0.378 e. The summed E-state index contributed by atoms with van der Waals surface area (Å²) >= 11 is 3.54. The molecule has 1 unspecified atom stereocenters. The van der Waals surface area contributed by atoms with Crippen molar-refractivity contribution in [2.24, 2.45) is 4.99 Å². The number of hydrogen-bond acceptors (Lipinski definition) is 7. The van der Waals surface area contributed by atoms with E-state index >= 15 is 0 Å². The van der Waals surface area contributed by atoms with Crippen LogP contribution < -0.4 is 10.2 Å². The number of para-hydroxylation sites is 1. The minimum Gasteiger partial charge on any atom is -0.378 e. The fraction of sp³-hybridized carbons (Fsp3) is 0.250. The number of ether oxygens (including phenoxy) is 1. The summed E-state index contributed by atoms with van der Waals surface area (Å²) in [4.78, 5) is 53.0. The van der Waals surface area contributed by atoms with Crippen LogP contribution in [0.3, 0.4) is 0 Å². The monoisotopic (exact) mass is 586 g/mol. The zero-order valence-corrected chi connectivity index (χ0v) is 22.6. The van der Waals surface area contributed by atoms with Crippen LogP contribution in [-0.2, 0) is 25.5 Å². The molecule has 2 aromatic heterocycles. The maximum absolute atomic E-state index is 13.5. The second kappa shape index (κ2) is 8.99. The summed E-state index contributed by atoms with van der Waals surface area (Å²) in [6.07, 6.45) is 7.39. The molecule has 3 amide bonds. The molecule has 4 aliphatic heterocycles. The standard InChI is InChI=1S/C28H23BrN6O4/c1-15-11-18(29)25-31-13-20(35(25)14-15)21-22(27(37)32-26(21)36)23-17-4-2-3-16-12-19(34(24(16)17)6-5-30-23)28(38)33-7-9-39-10-8-33/h2-6,11,13-14,19H,7-10,12H2,1H3,(H,32,36,37). The van der Waals surface area contributed by atoms with Crippen molar-refractivity contribution < 1.29 is 19.1 Å². The maximum Gasteiger partial charge on any atom is 0.261 e. The van der Waals surface area contributed by atoms with Gasteiger partial charge in [0.15, 0.2) is 5.65 Å². The normalized spacial score (nSPS) is 20.5. The number of aliphatic imine (C=N–C) groups is 1. The molecule has 39 heavy (non-hydrogen) atoms. The zero-order valence-electron chi connectivity index (χ0n) is 21.0. The smallest absolute Gasteiger partial charge is 0.261 e. The molecule has 7 rings (SSSR count). The van der Waals surface area contributed by atoms with Gasteiger partial charge in [-0.05, 0) is 40.0 Å². The van der Waals surface area contributed by atoms with Crippen molar-refractivity contribution in [1.29, 1.82) is 0 Å². The summed E-state index contributed by atoms with van der Waals surface area (Å²) in [5, 5.41) is 2.46. The Labute approximate surface area is 231 Å². The number of anilines is 1. The van der Waals surface area contributed by atoms with Gasteiger partial charge in [0.1, 0.15) is 6.04 Å². The third kappa shape index (κ3) is 3.68. The topological polar surface area (TPSA) is 109 Å². The van der Waals surface area contributed by atoms with Gasteiger partial charge in [-0.2, -0.15) is 0 Å². The lowest BCUT2D eigenvalue weighted by atomic mass is 9.94. The van der Waals surface area contributed by atoms with E-state index < -0.39 is 17.9 Å². The van der Waals surface area contributed by atoms with E-state index in [1.54, 1.807) is 23.0 Å². The number of aromatic nitrogens is 2.